The summed E-state index contributed by atoms with van der Waals surface area (Å²) >= 11 is 0. The van der Waals surface area contributed by atoms with Crippen LogP contribution >= 0.6 is 0 Å². The lowest BCUT2D eigenvalue weighted by Gasteiger charge is -2.20. The van der Waals surface area contributed by atoms with Crippen molar-refractivity contribution in [2.75, 3.05) is 13.1 Å². The SMILES string of the molecule is C[C@@H]1C[C@H]1c1noc(CC2CCNCC2)n1. The van der Waals surface area contributed by atoms with Crippen molar-refractivity contribution in [2.24, 2.45) is 11.8 Å². The highest BCUT2D eigenvalue weighted by Crippen LogP contribution is 2.45. The van der Waals surface area contributed by atoms with E-state index in [-0.39, 0.29) is 0 Å². The van der Waals surface area contributed by atoms with E-state index >= 15 is 0 Å². The first-order valence-corrected chi connectivity index (χ1v) is 6.36. The van der Waals surface area contributed by atoms with E-state index in [2.05, 4.69) is 22.4 Å². The van der Waals surface area contributed by atoms with Gasteiger partial charge in [0.05, 0.1) is 0 Å². The fraction of sp³-hybridized carbons (Fsp3) is 0.833. The molecular weight excluding hydrogens is 202 g/mol. The molecule has 0 aromatic carbocycles. The monoisotopic (exact) mass is 221 g/mol. The molecule has 1 aliphatic carbocycles. The molecule has 88 valence electrons. The molecule has 0 bridgehead atoms. The van der Waals surface area contributed by atoms with E-state index in [0.29, 0.717) is 5.92 Å². The van der Waals surface area contributed by atoms with Crippen molar-refractivity contribution in [1.29, 1.82) is 0 Å². The van der Waals surface area contributed by atoms with Gasteiger partial charge in [0.2, 0.25) is 5.89 Å². The fourth-order valence-corrected chi connectivity index (χ4v) is 2.52. The van der Waals surface area contributed by atoms with Crippen LogP contribution in [0.3, 0.4) is 0 Å². The highest BCUT2D eigenvalue weighted by Gasteiger charge is 2.38. The van der Waals surface area contributed by atoms with Crippen molar-refractivity contribution in [2.45, 2.75) is 38.5 Å². The number of piperidine rings is 1. The van der Waals surface area contributed by atoms with Gasteiger partial charge >= 0.3 is 0 Å². The molecule has 1 saturated heterocycles. The smallest absolute Gasteiger partial charge is 0.226 e. The van der Waals surface area contributed by atoms with E-state index in [9.17, 15) is 0 Å². The van der Waals surface area contributed by atoms with Crippen molar-refractivity contribution in [3.05, 3.63) is 11.7 Å². The lowest BCUT2D eigenvalue weighted by Crippen LogP contribution is -2.28. The number of hydrogen-bond acceptors (Lipinski definition) is 4. The van der Waals surface area contributed by atoms with E-state index in [1.807, 2.05) is 0 Å². The van der Waals surface area contributed by atoms with Gasteiger partial charge in [-0.2, -0.15) is 4.98 Å². The minimum atomic E-state index is 0.575. The quantitative estimate of drug-likeness (QED) is 0.844. The van der Waals surface area contributed by atoms with Gasteiger partial charge in [0.1, 0.15) is 0 Å². The van der Waals surface area contributed by atoms with Crippen LogP contribution in [0.4, 0.5) is 0 Å². The molecule has 2 heterocycles. The Morgan fingerprint density at radius 2 is 2.12 bits per heavy atom. The van der Waals surface area contributed by atoms with Gasteiger partial charge in [-0.25, -0.2) is 0 Å². The summed E-state index contributed by atoms with van der Waals surface area (Å²) in [6, 6.07) is 0. The highest BCUT2D eigenvalue weighted by atomic mass is 16.5. The molecule has 1 aromatic heterocycles. The van der Waals surface area contributed by atoms with Gasteiger partial charge in [-0.3, -0.25) is 0 Å². The number of aromatic nitrogens is 2. The summed E-state index contributed by atoms with van der Waals surface area (Å²) in [4.78, 5) is 4.52. The second kappa shape index (κ2) is 4.17. The lowest BCUT2D eigenvalue weighted by atomic mass is 9.95. The first kappa shape index (κ1) is 10.3. The Morgan fingerprint density at radius 1 is 1.38 bits per heavy atom. The zero-order chi connectivity index (χ0) is 11.0. The molecule has 0 amide bonds. The minimum Gasteiger partial charge on any atom is -0.339 e. The van der Waals surface area contributed by atoms with Crippen molar-refractivity contribution in [3.8, 4) is 0 Å². The van der Waals surface area contributed by atoms with Gasteiger partial charge in [-0.15, -0.1) is 0 Å². The summed E-state index contributed by atoms with van der Waals surface area (Å²) < 4.78 is 5.34. The molecule has 2 atom stereocenters. The van der Waals surface area contributed by atoms with Gasteiger partial charge in [-0.1, -0.05) is 12.1 Å². The second-order valence-corrected chi connectivity index (χ2v) is 5.26. The molecule has 0 spiro atoms. The number of hydrogen-bond donors (Lipinski definition) is 1. The average molecular weight is 221 g/mol. The standard InChI is InChI=1S/C12H19N3O/c1-8-6-10(8)12-14-11(16-15-12)7-9-2-4-13-5-3-9/h8-10,13H,2-7H2,1H3/t8-,10-/m1/s1. The van der Waals surface area contributed by atoms with Gasteiger partial charge in [-0.05, 0) is 44.2 Å². The summed E-state index contributed by atoms with van der Waals surface area (Å²) in [6.45, 7) is 4.50. The van der Waals surface area contributed by atoms with Crippen LogP contribution in [-0.2, 0) is 6.42 Å². The topological polar surface area (TPSA) is 51.0 Å². The van der Waals surface area contributed by atoms with Crippen molar-refractivity contribution in [3.63, 3.8) is 0 Å². The summed E-state index contributed by atoms with van der Waals surface area (Å²) in [7, 11) is 0. The fourth-order valence-electron chi connectivity index (χ4n) is 2.52. The summed E-state index contributed by atoms with van der Waals surface area (Å²) in [5.41, 5.74) is 0. The molecule has 2 fully saturated rings. The summed E-state index contributed by atoms with van der Waals surface area (Å²) in [6.07, 6.45) is 4.66. The van der Waals surface area contributed by atoms with Crippen molar-refractivity contribution in [1.82, 2.24) is 15.5 Å². The predicted octanol–water partition coefficient (Wildman–Crippen LogP) is 1.74. The average Bonchev–Trinajstić information content (AvgIpc) is 2.86. The molecule has 0 radical (unpaired) electrons. The molecule has 16 heavy (non-hydrogen) atoms. The van der Waals surface area contributed by atoms with E-state index in [4.69, 9.17) is 4.52 Å². The van der Waals surface area contributed by atoms with E-state index in [1.165, 1.54) is 19.3 Å². The van der Waals surface area contributed by atoms with Crippen LogP contribution < -0.4 is 5.32 Å². The van der Waals surface area contributed by atoms with E-state index in [0.717, 1.165) is 43.1 Å². The first-order chi connectivity index (χ1) is 7.83. The summed E-state index contributed by atoms with van der Waals surface area (Å²) in [5.74, 6) is 3.85. The molecule has 0 unspecified atom stereocenters. The largest absolute Gasteiger partial charge is 0.339 e. The molecule has 2 aliphatic rings. The maximum absolute atomic E-state index is 5.34. The lowest BCUT2D eigenvalue weighted by molar-refractivity contribution is 0.312. The Morgan fingerprint density at radius 3 is 2.81 bits per heavy atom. The molecular formula is C12H19N3O. The summed E-state index contributed by atoms with van der Waals surface area (Å²) in [5, 5.41) is 7.47. The molecule has 4 nitrogen and oxygen atoms in total. The van der Waals surface area contributed by atoms with Crippen LogP contribution in [-0.4, -0.2) is 23.2 Å². The van der Waals surface area contributed by atoms with Crippen molar-refractivity contribution >= 4 is 0 Å². The second-order valence-electron chi connectivity index (χ2n) is 5.26. The Hall–Kier alpha value is -0.900. The van der Waals surface area contributed by atoms with Gasteiger partial charge in [0.25, 0.3) is 0 Å². The Kier molecular flexibility index (Phi) is 2.67. The zero-order valence-electron chi connectivity index (χ0n) is 9.78. The van der Waals surface area contributed by atoms with Crippen LogP contribution in [0.5, 0.6) is 0 Å². The van der Waals surface area contributed by atoms with Gasteiger partial charge in [0.15, 0.2) is 5.82 Å². The molecule has 3 rings (SSSR count). The third-order valence-electron chi connectivity index (χ3n) is 3.85. The van der Waals surface area contributed by atoms with Crippen LogP contribution in [0, 0.1) is 11.8 Å². The third-order valence-corrected chi connectivity index (χ3v) is 3.85. The normalized spacial score (nSPS) is 30.6. The molecule has 1 saturated carbocycles. The zero-order valence-corrected chi connectivity index (χ0v) is 9.78. The molecule has 4 heteroatoms. The highest BCUT2D eigenvalue weighted by molar-refractivity contribution is 5.07. The minimum absolute atomic E-state index is 0.575. The Labute approximate surface area is 95.8 Å². The van der Waals surface area contributed by atoms with E-state index < -0.39 is 0 Å². The van der Waals surface area contributed by atoms with Crippen LogP contribution in [0.2, 0.25) is 0 Å². The van der Waals surface area contributed by atoms with Gasteiger partial charge in [0, 0.05) is 12.3 Å². The number of nitrogens with zero attached hydrogens (tertiary/aromatic N) is 2. The molecule has 1 N–H and O–H groups in total. The maximum atomic E-state index is 5.34. The predicted molar refractivity (Wildman–Crippen MR) is 60.1 cm³/mol. The van der Waals surface area contributed by atoms with Crippen LogP contribution in [0.25, 0.3) is 0 Å². The van der Waals surface area contributed by atoms with Crippen LogP contribution in [0.15, 0.2) is 4.52 Å². The molecule has 1 aromatic rings. The van der Waals surface area contributed by atoms with E-state index in [1.54, 1.807) is 0 Å². The van der Waals surface area contributed by atoms with Crippen molar-refractivity contribution < 1.29 is 4.52 Å². The number of rotatable bonds is 3. The Balaban J connectivity index is 1.59. The third kappa shape index (κ3) is 2.12. The first-order valence-electron chi connectivity index (χ1n) is 6.36. The maximum Gasteiger partial charge on any atom is 0.226 e. The van der Waals surface area contributed by atoms with Crippen LogP contribution in [0.1, 0.15) is 43.8 Å². The molecule has 1 aliphatic heterocycles. The number of nitrogens with one attached hydrogen (secondary N) is 1. The van der Waals surface area contributed by atoms with Gasteiger partial charge < -0.3 is 9.84 Å². The Bertz CT molecular complexity index is 357.